The van der Waals surface area contributed by atoms with Gasteiger partial charge in [-0.25, -0.2) is 0 Å². The smallest absolute Gasteiger partial charge is 0.0544 e. The maximum Gasteiger partial charge on any atom is 0.0544 e. The van der Waals surface area contributed by atoms with E-state index in [1.54, 1.807) is 12.4 Å². The van der Waals surface area contributed by atoms with Crippen LogP contribution < -0.4 is 16.8 Å². The lowest BCUT2D eigenvalue weighted by atomic mass is 9.82. The summed E-state index contributed by atoms with van der Waals surface area (Å²) in [5.41, 5.74) is 31.8. The zero-order valence-electron chi connectivity index (χ0n) is 37.6. The Labute approximate surface area is 364 Å². The Morgan fingerprint density at radius 2 is 1.28 bits per heavy atom. The van der Waals surface area contributed by atoms with Crippen molar-refractivity contribution in [3.63, 3.8) is 0 Å². The molecule has 0 saturated carbocycles. The lowest BCUT2D eigenvalue weighted by Gasteiger charge is -2.24. The van der Waals surface area contributed by atoms with E-state index in [9.17, 15) is 0 Å². The number of nitrogens with zero attached hydrogens (tertiary/aromatic N) is 1. The summed E-state index contributed by atoms with van der Waals surface area (Å²) < 4.78 is 2.38. The molecule has 310 valence electrons. The fraction of sp³-hybridized carbons (Fsp3) is 0.228. The van der Waals surface area contributed by atoms with Crippen LogP contribution in [0.1, 0.15) is 95.7 Å². The molecule has 61 heavy (non-hydrogen) atoms. The highest BCUT2D eigenvalue weighted by Gasteiger charge is 2.24. The normalized spacial score (nSPS) is 14.1. The number of aromatic nitrogens is 1. The van der Waals surface area contributed by atoms with Crippen molar-refractivity contribution in [2.75, 3.05) is 5.32 Å². The number of hydrogen-bond donors (Lipinski definition) is 3. The van der Waals surface area contributed by atoms with Crippen molar-refractivity contribution < 1.29 is 0 Å². The summed E-state index contributed by atoms with van der Waals surface area (Å²) in [6, 6.07) is 34.3. The van der Waals surface area contributed by atoms with E-state index in [0.717, 1.165) is 57.7 Å². The molecule has 4 nitrogen and oxygen atoms in total. The molecule has 0 radical (unpaired) electrons. The van der Waals surface area contributed by atoms with Crippen LogP contribution in [0, 0.1) is 0 Å². The maximum atomic E-state index is 6.20. The van der Waals surface area contributed by atoms with Gasteiger partial charge in [-0.15, -0.1) is 0 Å². The Morgan fingerprint density at radius 3 is 1.89 bits per heavy atom. The van der Waals surface area contributed by atoms with Gasteiger partial charge in [-0.1, -0.05) is 121 Å². The molecule has 6 aromatic rings. The predicted octanol–water partition coefficient (Wildman–Crippen LogP) is 14.6. The number of hydrogen-bond acceptors (Lipinski definition) is 3. The predicted molar refractivity (Wildman–Crippen MR) is 267 cm³/mol. The second-order valence-electron chi connectivity index (χ2n) is 18.4. The van der Waals surface area contributed by atoms with Crippen LogP contribution in [0.25, 0.3) is 60.9 Å². The number of allylic oxidation sites excluding steroid dienone is 10. The molecule has 5 N–H and O–H groups in total. The lowest BCUT2D eigenvalue weighted by Crippen LogP contribution is -2.10. The molecular weight excluding hydrogens is 741 g/mol. The first-order valence-corrected chi connectivity index (χ1v) is 21.6. The molecule has 5 aromatic carbocycles. The van der Waals surface area contributed by atoms with E-state index in [4.69, 9.17) is 11.5 Å². The molecule has 1 aromatic heterocycles. The van der Waals surface area contributed by atoms with Gasteiger partial charge in [0.05, 0.1) is 16.7 Å². The number of rotatable bonds is 10. The van der Waals surface area contributed by atoms with Gasteiger partial charge in [0.25, 0.3) is 0 Å². The minimum absolute atomic E-state index is 0.0820. The molecule has 0 amide bonds. The summed E-state index contributed by atoms with van der Waals surface area (Å²) in [7, 11) is 0. The monoisotopic (exact) mass is 802 g/mol. The topological polar surface area (TPSA) is 69.0 Å². The van der Waals surface area contributed by atoms with E-state index in [2.05, 4.69) is 187 Å². The number of anilines is 1. The fourth-order valence-electron chi connectivity index (χ4n) is 8.61. The van der Waals surface area contributed by atoms with Gasteiger partial charge in [0.1, 0.15) is 0 Å². The van der Waals surface area contributed by atoms with Gasteiger partial charge in [0.2, 0.25) is 0 Å². The Morgan fingerprint density at radius 1 is 0.689 bits per heavy atom. The molecule has 7 rings (SSSR count). The number of fused-ring (bicyclic) bond motifs is 6. The summed E-state index contributed by atoms with van der Waals surface area (Å²) in [6.07, 6.45) is 19.5. The van der Waals surface area contributed by atoms with Crippen molar-refractivity contribution in [2.45, 2.75) is 86.0 Å². The summed E-state index contributed by atoms with van der Waals surface area (Å²) in [4.78, 5) is 0. The van der Waals surface area contributed by atoms with E-state index in [0.29, 0.717) is 0 Å². The standard InChI is InChI=1S/C57H62N4/c1-11-14-41(39-19-24-45(25-20-39)56(5,6)7)30-37(3)48-32-43-17-18-44-33-52-51-31-42(40-21-26-46(27-22-40)57(8,9)10)23-28-54(51)61(38(4)16-13-29-58)55(52)35-50(44)49(43)34-53(48)60-47(36-59)15-12-2/h11-16,19-36,60H,3,17-18,58-59H2,1-2,4-10H3/b14-11-,15-12-,29-13-,38-16+,41-30+,47-36+. The molecule has 0 unspecified atom stereocenters. The van der Waals surface area contributed by atoms with Gasteiger partial charge >= 0.3 is 0 Å². The molecule has 0 spiro atoms. The van der Waals surface area contributed by atoms with Crippen molar-refractivity contribution in [2.24, 2.45) is 11.5 Å². The van der Waals surface area contributed by atoms with Crippen molar-refractivity contribution >= 4 is 44.3 Å². The fourth-order valence-corrected chi connectivity index (χ4v) is 8.61. The van der Waals surface area contributed by atoms with Crippen LogP contribution in [0.5, 0.6) is 0 Å². The third kappa shape index (κ3) is 8.72. The lowest BCUT2D eigenvalue weighted by molar-refractivity contribution is 0.590. The molecule has 0 atom stereocenters. The Balaban J connectivity index is 1.39. The van der Waals surface area contributed by atoms with Crippen LogP contribution >= 0.6 is 0 Å². The third-order valence-electron chi connectivity index (χ3n) is 12.0. The highest BCUT2D eigenvalue weighted by molar-refractivity contribution is 6.13. The van der Waals surface area contributed by atoms with E-state index < -0.39 is 0 Å². The molecule has 0 saturated heterocycles. The average molecular weight is 803 g/mol. The van der Waals surface area contributed by atoms with Crippen molar-refractivity contribution in [3.8, 4) is 22.3 Å². The Kier molecular flexibility index (Phi) is 12.0. The van der Waals surface area contributed by atoms with Crippen LogP contribution in [0.4, 0.5) is 5.69 Å². The van der Waals surface area contributed by atoms with Crippen LogP contribution in [-0.4, -0.2) is 4.57 Å². The number of benzene rings is 5. The molecule has 1 aliphatic carbocycles. The first-order chi connectivity index (χ1) is 29.1. The minimum atomic E-state index is 0.0820. The van der Waals surface area contributed by atoms with Crippen LogP contribution in [-0.2, 0) is 23.7 Å². The van der Waals surface area contributed by atoms with Gasteiger partial charge in [-0.2, -0.15) is 0 Å². The highest BCUT2D eigenvalue weighted by atomic mass is 15.0. The van der Waals surface area contributed by atoms with Crippen LogP contribution in [0.3, 0.4) is 0 Å². The summed E-state index contributed by atoms with van der Waals surface area (Å²) in [5, 5.41) is 6.16. The number of nitrogens with two attached hydrogens (primary N) is 2. The van der Waals surface area contributed by atoms with E-state index in [1.807, 2.05) is 25.2 Å². The Hall–Kier alpha value is -6.52. The molecule has 0 aliphatic heterocycles. The van der Waals surface area contributed by atoms with E-state index >= 15 is 0 Å². The number of aryl methyl sites for hydroxylation is 2. The maximum absolute atomic E-state index is 6.20. The molecule has 0 fully saturated rings. The summed E-state index contributed by atoms with van der Waals surface area (Å²) >= 11 is 0. The minimum Gasteiger partial charge on any atom is -0.405 e. The summed E-state index contributed by atoms with van der Waals surface area (Å²) in [6.45, 7) is 24.4. The van der Waals surface area contributed by atoms with Crippen LogP contribution in [0.15, 0.2) is 158 Å². The molecule has 1 heterocycles. The molecular formula is C57H62N4. The molecule has 0 bridgehead atoms. The van der Waals surface area contributed by atoms with Gasteiger partial charge < -0.3 is 21.4 Å². The Bertz CT molecular complexity index is 2810. The first-order valence-electron chi connectivity index (χ1n) is 21.6. The van der Waals surface area contributed by atoms with Gasteiger partial charge in [0.15, 0.2) is 0 Å². The summed E-state index contributed by atoms with van der Waals surface area (Å²) in [5.74, 6) is 0. The van der Waals surface area contributed by atoms with Crippen molar-refractivity contribution in [1.29, 1.82) is 0 Å². The van der Waals surface area contributed by atoms with Gasteiger partial charge in [-0.3, -0.25) is 0 Å². The van der Waals surface area contributed by atoms with Crippen molar-refractivity contribution in [3.05, 3.63) is 192 Å². The van der Waals surface area contributed by atoms with Crippen molar-refractivity contribution in [1.82, 2.24) is 4.57 Å². The highest BCUT2D eigenvalue weighted by Crippen LogP contribution is 2.44. The average Bonchev–Trinajstić information content (AvgIpc) is 3.56. The first kappa shape index (κ1) is 42.6. The van der Waals surface area contributed by atoms with Gasteiger partial charge in [-0.05, 0) is 173 Å². The van der Waals surface area contributed by atoms with Gasteiger partial charge in [0, 0.05) is 33.9 Å². The number of nitrogens with one attached hydrogen (secondary N) is 1. The second-order valence-corrected chi connectivity index (χ2v) is 18.4. The zero-order valence-corrected chi connectivity index (χ0v) is 37.6. The molecule has 1 aliphatic rings. The third-order valence-corrected chi connectivity index (χ3v) is 12.0. The largest absolute Gasteiger partial charge is 0.405 e. The second kappa shape index (κ2) is 17.2. The SMILES string of the molecule is C=C(/C=C(\C=C/C)c1ccc(C(C)(C)C)cc1)c1cc2c(cc1NC(/C=C\C)=C/N)-c1cc3c(cc1CC2)c1cc(-c2ccc(C(C)(C)C)cc2)ccc1n3/C(C)=C/C=C\N. The molecule has 4 heteroatoms. The zero-order chi connectivity index (χ0) is 43.6. The van der Waals surface area contributed by atoms with E-state index in [1.165, 1.54) is 60.8 Å². The van der Waals surface area contributed by atoms with Crippen LogP contribution in [0.2, 0.25) is 0 Å². The van der Waals surface area contributed by atoms with E-state index in [-0.39, 0.29) is 10.8 Å². The quantitative estimate of drug-likeness (QED) is 0.121.